The number of morpholine rings is 1. The summed E-state index contributed by atoms with van der Waals surface area (Å²) in [5, 5.41) is 12.5. The minimum atomic E-state index is -1.03. The van der Waals surface area contributed by atoms with Crippen molar-refractivity contribution in [1.29, 1.82) is 0 Å². The Morgan fingerprint density at radius 3 is 2.66 bits per heavy atom. The average molecular weight is 443 g/mol. The fourth-order valence-corrected chi connectivity index (χ4v) is 4.26. The molecule has 168 valence electrons. The molecule has 9 heteroatoms. The predicted molar refractivity (Wildman–Crippen MR) is 115 cm³/mol. The predicted octanol–water partition coefficient (Wildman–Crippen LogP) is 3.70. The van der Waals surface area contributed by atoms with Crippen LogP contribution < -0.4 is 5.32 Å². The lowest BCUT2D eigenvalue weighted by atomic mass is 9.96. The maximum atomic E-state index is 15.1. The van der Waals surface area contributed by atoms with Gasteiger partial charge in [0.05, 0.1) is 30.5 Å². The molecule has 1 aliphatic heterocycles. The number of carbonyl (C=O) groups is 2. The van der Waals surface area contributed by atoms with Crippen LogP contribution in [0.2, 0.25) is 0 Å². The van der Waals surface area contributed by atoms with E-state index < -0.39 is 29.7 Å². The topological polar surface area (TPSA) is 94.7 Å². The van der Waals surface area contributed by atoms with Crippen LogP contribution in [-0.2, 0) is 11.2 Å². The Morgan fingerprint density at radius 2 is 2.00 bits per heavy atom. The number of halogens is 2. The van der Waals surface area contributed by atoms with Gasteiger partial charge in [0.2, 0.25) is 0 Å². The van der Waals surface area contributed by atoms with Crippen molar-refractivity contribution in [2.75, 3.05) is 26.7 Å². The van der Waals surface area contributed by atoms with E-state index in [2.05, 4.69) is 10.3 Å². The second kappa shape index (κ2) is 8.58. The van der Waals surface area contributed by atoms with Gasteiger partial charge in [-0.1, -0.05) is 12.1 Å². The summed E-state index contributed by atoms with van der Waals surface area (Å²) in [5.74, 6) is -2.33. The van der Waals surface area contributed by atoms with Crippen LogP contribution in [0.15, 0.2) is 30.3 Å². The highest BCUT2D eigenvalue weighted by Gasteiger charge is 2.28. The van der Waals surface area contributed by atoms with Crippen molar-refractivity contribution in [2.45, 2.75) is 19.4 Å². The SMILES string of the molecule is CNC(=O)c1cc(F)c(-c2[nH]c3cccc(C)c3c2C[C@H]2CN(C(=O)O)CCO2)c(F)c1. The molecule has 2 heterocycles. The molecule has 0 aliphatic carbocycles. The molecule has 0 bridgehead atoms. The first-order valence-electron chi connectivity index (χ1n) is 10.2. The van der Waals surface area contributed by atoms with Crippen LogP contribution in [-0.4, -0.2) is 59.8 Å². The number of carbonyl (C=O) groups excluding carboxylic acids is 1. The minimum absolute atomic E-state index is 0.118. The molecular weight excluding hydrogens is 420 g/mol. The lowest BCUT2D eigenvalue weighted by molar-refractivity contribution is -0.0208. The lowest BCUT2D eigenvalue weighted by Crippen LogP contribution is -2.45. The third kappa shape index (κ3) is 3.91. The van der Waals surface area contributed by atoms with Gasteiger partial charge in [0.25, 0.3) is 5.91 Å². The summed E-state index contributed by atoms with van der Waals surface area (Å²) in [6, 6.07) is 7.56. The number of aromatic nitrogens is 1. The smallest absolute Gasteiger partial charge is 0.407 e. The first-order chi connectivity index (χ1) is 15.3. The number of aryl methyl sites for hydroxylation is 1. The van der Waals surface area contributed by atoms with Crippen LogP contribution in [0.1, 0.15) is 21.5 Å². The van der Waals surface area contributed by atoms with Crippen LogP contribution in [0.25, 0.3) is 22.2 Å². The number of carboxylic acid groups (broad SMARTS) is 1. The lowest BCUT2D eigenvalue weighted by Gasteiger charge is -2.31. The van der Waals surface area contributed by atoms with E-state index in [-0.39, 0.29) is 42.9 Å². The van der Waals surface area contributed by atoms with Gasteiger partial charge in [0, 0.05) is 36.5 Å². The molecule has 4 rings (SSSR count). The van der Waals surface area contributed by atoms with Crippen LogP contribution in [0.5, 0.6) is 0 Å². The molecule has 1 aliphatic rings. The highest BCUT2D eigenvalue weighted by molar-refractivity contribution is 5.96. The maximum Gasteiger partial charge on any atom is 0.407 e. The number of H-pyrrole nitrogens is 1. The molecule has 7 nitrogen and oxygen atoms in total. The third-order valence-corrected chi connectivity index (χ3v) is 5.76. The van der Waals surface area contributed by atoms with Gasteiger partial charge in [-0.05, 0) is 36.2 Å². The van der Waals surface area contributed by atoms with Gasteiger partial charge in [-0.2, -0.15) is 0 Å². The normalized spacial score (nSPS) is 16.4. The number of nitrogens with zero attached hydrogens (tertiary/aromatic N) is 1. The first kappa shape index (κ1) is 21.8. The Kier molecular flexibility index (Phi) is 5.84. The van der Waals surface area contributed by atoms with Crippen molar-refractivity contribution >= 4 is 22.9 Å². The third-order valence-electron chi connectivity index (χ3n) is 5.76. The number of nitrogens with one attached hydrogen (secondary N) is 2. The Bertz CT molecular complexity index is 1180. The van der Waals surface area contributed by atoms with Crippen LogP contribution in [0, 0.1) is 18.6 Å². The Balaban J connectivity index is 1.84. The van der Waals surface area contributed by atoms with E-state index in [9.17, 15) is 14.7 Å². The highest BCUT2D eigenvalue weighted by Crippen LogP contribution is 2.36. The van der Waals surface area contributed by atoms with Crippen molar-refractivity contribution in [2.24, 2.45) is 0 Å². The van der Waals surface area contributed by atoms with E-state index in [1.807, 2.05) is 25.1 Å². The number of ether oxygens (including phenoxy) is 1. The molecule has 0 spiro atoms. The van der Waals surface area contributed by atoms with Crippen molar-refractivity contribution in [1.82, 2.24) is 15.2 Å². The quantitative estimate of drug-likeness (QED) is 0.573. The maximum absolute atomic E-state index is 15.1. The molecular formula is C23H23F2N3O4. The van der Waals surface area contributed by atoms with E-state index in [0.29, 0.717) is 11.1 Å². The standard InChI is InChI=1S/C23H23F2N3O4/c1-12-4-3-5-18-19(12)15(10-14-11-28(23(30)31)6-7-32-14)21(27-18)20-16(24)8-13(9-17(20)25)22(29)26-2/h3-5,8-9,14,27H,6-7,10-11H2,1-2H3,(H,26,29)(H,30,31)/t14-/m0/s1. The highest BCUT2D eigenvalue weighted by atomic mass is 19.1. The molecule has 0 saturated carbocycles. The van der Waals surface area contributed by atoms with Gasteiger partial charge in [-0.25, -0.2) is 13.6 Å². The van der Waals surface area contributed by atoms with Crippen molar-refractivity contribution in [3.8, 4) is 11.3 Å². The molecule has 1 saturated heterocycles. The molecule has 2 aromatic carbocycles. The molecule has 1 atom stereocenters. The summed E-state index contributed by atoms with van der Waals surface area (Å²) >= 11 is 0. The van der Waals surface area contributed by atoms with Crippen molar-refractivity contribution in [3.63, 3.8) is 0 Å². The summed E-state index contributed by atoms with van der Waals surface area (Å²) in [6.45, 7) is 2.58. The summed E-state index contributed by atoms with van der Waals surface area (Å²) in [4.78, 5) is 27.6. The molecule has 3 aromatic rings. The fraction of sp³-hybridized carbons (Fsp3) is 0.304. The summed E-state index contributed by atoms with van der Waals surface area (Å²) in [5.41, 5.74) is 2.12. The number of hydrogen-bond donors (Lipinski definition) is 3. The molecule has 2 amide bonds. The second-order valence-corrected chi connectivity index (χ2v) is 7.80. The fourth-order valence-electron chi connectivity index (χ4n) is 4.26. The van der Waals surface area contributed by atoms with Crippen molar-refractivity contribution < 1.29 is 28.2 Å². The Hall–Kier alpha value is -3.46. The van der Waals surface area contributed by atoms with E-state index in [0.717, 1.165) is 23.1 Å². The van der Waals surface area contributed by atoms with E-state index >= 15 is 8.78 Å². The zero-order valence-corrected chi connectivity index (χ0v) is 17.7. The minimum Gasteiger partial charge on any atom is -0.465 e. The Morgan fingerprint density at radius 1 is 1.28 bits per heavy atom. The second-order valence-electron chi connectivity index (χ2n) is 7.80. The molecule has 3 N–H and O–H groups in total. The van der Waals surface area contributed by atoms with Crippen molar-refractivity contribution in [3.05, 3.63) is 58.7 Å². The first-order valence-corrected chi connectivity index (χ1v) is 10.2. The summed E-state index contributed by atoms with van der Waals surface area (Å²) < 4.78 is 36.0. The summed E-state index contributed by atoms with van der Waals surface area (Å²) in [7, 11) is 1.38. The van der Waals surface area contributed by atoms with Gasteiger partial charge in [-0.15, -0.1) is 0 Å². The number of fused-ring (bicyclic) bond motifs is 1. The number of amides is 2. The van der Waals surface area contributed by atoms with Gasteiger partial charge in [0.1, 0.15) is 11.6 Å². The zero-order valence-electron chi connectivity index (χ0n) is 17.7. The van der Waals surface area contributed by atoms with E-state index in [4.69, 9.17) is 4.74 Å². The molecule has 0 radical (unpaired) electrons. The molecule has 32 heavy (non-hydrogen) atoms. The van der Waals surface area contributed by atoms with E-state index in [1.54, 1.807) is 0 Å². The number of benzene rings is 2. The zero-order chi connectivity index (χ0) is 23.0. The van der Waals surface area contributed by atoms with Gasteiger partial charge >= 0.3 is 6.09 Å². The number of aromatic amines is 1. The monoisotopic (exact) mass is 443 g/mol. The molecule has 0 unspecified atom stereocenters. The van der Waals surface area contributed by atoms with Gasteiger partial charge in [0.15, 0.2) is 0 Å². The molecule has 1 aromatic heterocycles. The van der Waals surface area contributed by atoms with Crippen LogP contribution in [0.4, 0.5) is 13.6 Å². The summed E-state index contributed by atoms with van der Waals surface area (Å²) in [6.07, 6.45) is -1.23. The van der Waals surface area contributed by atoms with Crippen LogP contribution in [0.3, 0.4) is 0 Å². The average Bonchev–Trinajstić information content (AvgIpc) is 3.11. The largest absolute Gasteiger partial charge is 0.465 e. The van der Waals surface area contributed by atoms with Gasteiger partial charge < -0.3 is 25.0 Å². The Labute approximate surface area is 183 Å². The number of hydrogen-bond acceptors (Lipinski definition) is 3. The number of rotatable bonds is 4. The molecule has 1 fully saturated rings. The van der Waals surface area contributed by atoms with Crippen LogP contribution >= 0.6 is 0 Å². The van der Waals surface area contributed by atoms with E-state index in [1.165, 1.54) is 11.9 Å². The van der Waals surface area contributed by atoms with Gasteiger partial charge in [-0.3, -0.25) is 4.79 Å².